The normalized spacial score (nSPS) is 10.0. The van der Waals surface area contributed by atoms with Gasteiger partial charge in [0.1, 0.15) is 12.1 Å². The van der Waals surface area contributed by atoms with Crippen LogP contribution in [0.15, 0.2) is 36.5 Å². The molecule has 0 aliphatic carbocycles. The van der Waals surface area contributed by atoms with Crippen molar-refractivity contribution in [3.05, 3.63) is 36.5 Å². The molecule has 0 saturated heterocycles. The first-order valence-electron chi connectivity index (χ1n) is 4.88. The van der Waals surface area contributed by atoms with Crippen LogP contribution < -0.4 is 5.32 Å². The summed E-state index contributed by atoms with van der Waals surface area (Å²) in [5, 5.41) is 4.47. The minimum absolute atomic E-state index is 0.148. The van der Waals surface area contributed by atoms with Crippen molar-refractivity contribution in [1.82, 2.24) is 4.98 Å². The van der Waals surface area contributed by atoms with E-state index < -0.39 is 0 Å². The third-order valence-corrected chi connectivity index (χ3v) is 2.20. The Morgan fingerprint density at radius 3 is 2.94 bits per heavy atom. The Kier molecular flexibility index (Phi) is 2.91. The van der Waals surface area contributed by atoms with Gasteiger partial charge in [-0.2, -0.15) is 0 Å². The number of nitrogens with zero attached hydrogens (tertiary/aromatic N) is 1. The smallest absolute Gasteiger partial charge is 0.232 e. The summed E-state index contributed by atoms with van der Waals surface area (Å²) in [6, 6.07) is 9.47. The molecular weight excluding hydrogens is 204 g/mol. The minimum atomic E-state index is -0.348. The maximum absolute atomic E-state index is 11.3. The number of hydrogen-bond acceptors (Lipinski definition) is 3. The molecule has 0 unspecified atom stereocenters. The van der Waals surface area contributed by atoms with E-state index in [0.29, 0.717) is 12.1 Å². The third kappa shape index (κ3) is 2.06. The summed E-state index contributed by atoms with van der Waals surface area (Å²) in [5.41, 5.74) is 0. The van der Waals surface area contributed by atoms with Crippen molar-refractivity contribution in [2.24, 2.45) is 0 Å². The Bertz CT molecular complexity index is 532. The second-order valence-corrected chi connectivity index (χ2v) is 3.30. The number of rotatable bonds is 3. The zero-order valence-electron chi connectivity index (χ0n) is 8.51. The Balaban J connectivity index is 2.37. The number of hydrogen-bond donors (Lipinski definition) is 1. The van der Waals surface area contributed by atoms with Crippen LogP contribution in [-0.4, -0.2) is 17.2 Å². The van der Waals surface area contributed by atoms with Crippen molar-refractivity contribution in [1.29, 1.82) is 0 Å². The number of carbonyl (C=O) groups is 2. The van der Waals surface area contributed by atoms with Gasteiger partial charge >= 0.3 is 0 Å². The molecule has 0 aliphatic heterocycles. The van der Waals surface area contributed by atoms with Crippen molar-refractivity contribution < 1.29 is 9.59 Å². The summed E-state index contributed by atoms with van der Waals surface area (Å²) in [4.78, 5) is 25.5. The average molecular weight is 214 g/mol. The van der Waals surface area contributed by atoms with Gasteiger partial charge in [-0.15, -0.1) is 0 Å². The number of anilines is 1. The number of nitrogens with one attached hydrogen (secondary N) is 1. The van der Waals surface area contributed by atoms with Crippen LogP contribution in [0, 0.1) is 0 Å². The van der Waals surface area contributed by atoms with Gasteiger partial charge in [-0.25, -0.2) is 4.98 Å². The standard InChI is InChI=1S/C12H10N2O2/c15-8-6-11(16)14-12-10-4-2-1-3-9(10)5-7-13-12/h1-5,7-8H,6H2,(H,13,14,16). The van der Waals surface area contributed by atoms with Crippen LogP contribution in [0.25, 0.3) is 10.8 Å². The first-order chi connectivity index (χ1) is 7.81. The van der Waals surface area contributed by atoms with Crippen molar-refractivity contribution in [3.63, 3.8) is 0 Å². The molecule has 0 atom stereocenters. The number of carbonyl (C=O) groups excluding carboxylic acids is 2. The minimum Gasteiger partial charge on any atom is -0.310 e. The Hall–Kier alpha value is -2.23. The summed E-state index contributed by atoms with van der Waals surface area (Å²) in [7, 11) is 0. The van der Waals surface area contributed by atoms with Gasteiger partial charge in [-0.3, -0.25) is 4.79 Å². The molecule has 1 aromatic carbocycles. The molecule has 0 radical (unpaired) electrons. The largest absolute Gasteiger partial charge is 0.310 e. The molecule has 1 N–H and O–H groups in total. The summed E-state index contributed by atoms with van der Waals surface area (Å²) in [6.07, 6.45) is 2.05. The molecule has 1 heterocycles. The highest BCUT2D eigenvalue weighted by Crippen LogP contribution is 2.20. The molecular formula is C12H10N2O2. The second kappa shape index (κ2) is 4.53. The number of pyridine rings is 1. The maximum Gasteiger partial charge on any atom is 0.232 e. The molecule has 0 saturated carbocycles. The molecule has 0 bridgehead atoms. The third-order valence-electron chi connectivity index (χ3n) is 2.20. The lowest BCUT2D eigenvalue weighted by Gasteiger charge is -2.05. The van der Waals surface area contributed by atoms with Gasteiger partial charge in [0.25, 0.3) is 0 Å². The quantitative estimate of drug-likeness (QED) is 0.625. The molecule has 4 nitrogen and oxygen atoms in total. The Labute approximate surface area is 92.3 Å². The van der Waals surface area contributed by atoms with Gasteiger partial charge in [-0.1, -0.05) is 24.3 Å². The average Bonchev–Trinajstić information content (AvgIpc) is 2.30. The van der Waals surface area contributed by atoms with E-state index in [1.807, 2.05) is 30.3 Å². The molecule has 80 valence electrons. The van der Waals surface area contributed by atoms with Crippen LogP contribution in [0.5, 0.6) is 0 Å². The molecule has 1 amide bonds. The van der Waals surface area contributed by atoms with Gasteiger partial charge in [0.15, 0.2) is 0 Å². The van der Waals surface area contributed by atoms with E-state index in [1.54, 1.807) is 6.20 Å². The van der Waals surface area contributed by atoms with E-state index in [0.717, 1.165) is 10.8 Å². The molecule has 2 aromatic rings. The van der Waals surface area contributed by atoms with E-state index in [9.17, 15) is 9.59 Å². The SMILES string of the molecule is O=CCC(=O)Nc1nccc2ccccc12. The molecule has 0 aliphatic rings. The molecule has 0 fully saturated rings. The fourth-order valence-electron chi connectivity index (χ4n) is 1.48. The summed E-state index contributed by atoms with van der Waals surface area (Å²) in [5.74, 6) is 0.142. The number of benzene rings is 1. The van der Waals surface area contributed by atoms with E-state index in [-0.39, 0.29) is 12.3 Å². The maximum atomic E-state index is 11.3. The predicted octanol–water partition coefficient (Wildman–Crippen LogP) is 1.76. The van der Waals surface area contributed by atoms with E-state index in [1.165, 1.54) is 0 Å². The number of aromatic nitrogens is 1. The molecule has 16 heavy (non-hydrogen) atoms. The Morgan fingerprint density at radius 1 is 1.31 bits per heavy atom. The molecule has 2 rings (SSSR count). The summed E-state index contributed by atoms with van der Waals surface area (Å²) < 4.78 is 0. The van der Waals surface area contributed by atoms with Crippen molar-refractivity contribution in [2.45, 2.75) is 6.42 Å². The highest BCUT2D eigenvalue weighted by atomic mass is 16.2. The molecule has 4 heteroatoms. The predicted molar refractivity (Wildman–Crippen MR) is 61.1 cm³/mol. The van der Waals surface area contributed by atoms with Crippen molar-refractivity contribution in [3.8, 4) is 0 Å². The van der Waals surface area contributed by atoms with Crippen LogP contribution in [-0.2, 0) is 9.59 Å². The topological polar surface area (TPSA) is 59.1 Å². The van der Waals surface area contributed by atoms with E-state index in [4.69, 9.17) is 0 Å². The first kappa shape index (κ1) is 10.3. The number of amides is 1. The van der Waals surface area contributed by atoms with Crippen molar-refractivity contribution >= 4 is 28.8 Å². The Morgan fingerprint density at radius 2 is 2.12 bits per heavy atom. The lowest BCUT2D eigenvalue weighted by Crippen LogP contribution is -2.12. The van der Waals surface area contributed by atoms with Crippen LogP contribution in [0.1, 0.15) is 6.42 Å². The van der Waals surface area contributed by atoms with Gasteiger partial charge in [0.2, 0.25) is 5.91 Å². The zero-order chi connectivity index (χ0) is 11.4. The van der Waals surface area contributed by atoms with Crippen LogP contribution >= 0.6 is 0 Å². The van der Waals surface area contributed by atoms with Crippen molar-refractivity contribution in [2.75, 3.05) is 5.32 Å². The van der Waals surface area contributed by atoms with Crippen LogP contribution in [0.3, 0.4) is 0 Å². The monoisotopic (exact) mass is 214 g/mol. The lowest BCUT2D eigenvalue weighted by molar-refractivity contribution is -0.119. The van der Waals surface area contributed by atoms with Crippen LogP contribution in [0.4, 0.5) is 5.82 Å². The fraction of sp³-hybridized carbons (Fsp3) is 0.0833. The van der Waals surface area contributed by atoms with Crippen LogP contribution in [0.2, 0.25) is 0 Å². The molecule has 0 spiro atoms. The highest BCUT2D eigenvalue weighted by Gasteiger charge is 2.05. The highest BCUT2D eigenvalue weighted by molar-refractivity contribution is 6.03. The van der Waals surface area contributed by atoms with Gasteiger partial charge < -0.3 is 10.1 Å². The molecule has 1 aromatic heterocycles. The lowest BCUT2D eigenvalue weighted by atomic mass is 10.1. The van der Waals surface area contributed by atoms with E-state index >= 15 is 0 Å². The van der Waals surface area contributed by atoms with E-state index in [2.05, 4.69) is 10.3 Å². The van der Waals surface area contributed by atoms with Gasteiger partial charge in [-0.05, 0) is 11.5 Å². The first-order valence-corrected chi connectivity index (χ1v) is 4.88. The second-order valence-electron chi connectivity index (χ2n) is 3.30. The fourth-order valence-corrected chi connectivity index (χ4v) is 1.48. The van der Waals surface area contributed by atoms with Gasteiger partial charge in [0.05, 0.1) is 6.42 Å². The summed E-state index contributed by atoms with van der Waals surface area (Å²) >= 11 is 0. The van der Waals surface area contributed by atoms with Gasteiger partial charge in [0, 0.05) is 11.6 Å². The number of aldehydes is 1. The summed E-state index contributed by atoms with van der Waals surface area (Å²) in [6.45, 7) is 0. The zero-order valence-corrected chi connectivity index (χ0v) is 8.51. The number of fused-ring (bicyclic) bond motifs is 1.